The van der Waals surface area contributed by atoms with Crippen LogP contribution in [-0.2, 0) is 0 Å². The summed E-state index contributed by atoms with van der Waals surface area (Å²) in [6, 6.07) is 13.3. The Labute approximate surface area is 167 Å². The van der Waals surface area contributed by atoms with E-state index in [2.05, 4.69) is 40.6 Å². The Bertz CT molecular complexity index is 987. The van der Waals surface area contributed by atoms with Crippen molar-refractivity contribution >= 4 is 0 Å². The smallest absolute Gasteiger partial charge is 0.178 e. The van der Waals surface area contributed by atoms with Crippen LogP contribution < -0.4 is 0 Å². The number of aromatic nitrogens is 2. The molecule has 0 spiro atoms. The summed E-state index contributed by atoms with van der Waals surface area (Å²) in [5.41, 5.74) is 1.47. The average molecular weight is 366 g/mol. The number of nitrogens with zero attached hydrogens (tertiary/aromatic N) is 4. The molecule has 1 aromatic carbocycles. The standard InChI is InChI=1S/C24H22N4/c1-2-3-4-5-6-7-8-12-15-21-22(17-16-20-13-10-9-11-14-20)28-24(19-26)23(18-25)27-21/h9-11,13-14H,2-8H2,1H3. The maximum Gasteiger partial charge on any atom is 0.178 e. The minimum atomic E-state index is -0.0265. The van der Waals surface area contributed by atoms with Crippen LogP contribution in [0.1, 0.15) is 80.2 Å². The van der Waals surface area contributed by atoms with Gasteiger partial charge in [0.25, 0.3) is 0 Å². The van der Waals surface area contributed by atoms with E-state index in [0.29, 0.717) is 11.4 Å². The van der Waals surface area contributed by atoms with Gasteiger partial charge in [-0.05, 0) is 30.4 Å². The Hall–Kier alpha value is -3.60. The van der Waals surface area contributed by atoms with Crippen LogP contribution in [0.4, 0.5) is 0 Å². The van der Waals surface area contributed by atoms with E-state index in [1.807, 2.05) is 42.5 Å². The summed E-state index contributed by atoms with van der Waals surface area (Å²) in [5.74, 6) is 12.1. The highest BCUT2D eigenvalue weighted by Crippen LogP contribution is 2.09. The van der Waals surface area contributed by atoms with E-state index < -0.39 is 0 Å². The predicted molar refractivity (Wildman–Crippen MR) is 109 cm³/mol. The van der Waals surface area contributed by atoms with Gasteiger partial charge in [-0.15, -0.1) is 0 Å². The third-order valence-corrected chi connectivity index (χ3v) is 4.07. The molecule has 1 heterocycles. The van der Waals surface area contributed by atoms with Crippen LogP contribution in [0.3, 0.4) is 0 Å². The number of unbranched alkanes of at least 4 members (excludes halogenated alkanes) is 6. The Morgan fingerprint density at radius 1 is 0.714 bits per heavy atom. The zero-order chi connectivity index (χ0) is 20.0. The van der Waals surface area contributed by atoms with Gasteiger partial charge in [0, 0.05) is 12.0 Å². The number of hydrogen-bond acceptors (Lipinski definition) is 4. The van der Waals surface area contributed by atoms with Crippen molar-refractivity contribution in [2.75, 3.05) is 0 Å². The fourth-order valence-corrected chi connectivity index (χ4v) is 2.56. The molecule has 138 valence electrons. The third kappa shape index (κ3) is 6.61. The Balaban J connectivity index is 2.18. The molecule has 0 fully saturated rings. The van der Waals surface area contributed by atoms with Gasteiger partial charge in [-0.1, -0.05) is 69.1 Å². The summed E-state index contributed by atoms with van der Waals surface area (Å²) in [4.78, 5) is 8.41. The first-order valence-electron chi connectivity index (χ1n) is 9.56. The summed E-state index contributed by atoms with van der Waals surface area (Å²) in [5, 5.41) is 18.4. The third-order valence-electron chi connectivity index (χ3n) is 4.07. The second-order valence-corrected chi connectivity index (χ2v) is 6.28. The molecule has 0 unspecified atom stereocenters. The second kappa shape index (κ2) is 11.9. The molecular formula is C24H22N4. The van der Waals surface area contributed by atoms with Crippen LogP contribution in [0.25, 0.3) is 0 Å². The van der Waals surface area contributed by atoms with Crippen LogP contribution in [0.15, 0.2) is 30.3 Å². The molecule has 0 N–H and O–H groups in total. The van der Waals surface area contributed by atoms with Gasteiger partial charge in [0.05, 0.1) is 0 Å². The molecule has 2 aromatic rings. The van der Waals surface area contributed by atoms with Crippen LogP contribution in [-0.4, -0.2) is 9.97 Å². The van der Waals surface area contributed by atoms with Gasteiger partial charge in [0.15, 0.2) is 11.4 Å². The van der Waals surface area contributed by atoms with Gasteiger partial charge >= 0.3 is 0 Å². The average Bonchev–Trinajstić information content (AvgIpc) is 2.74. The summed E-state index contributed by atoms with van der Waals surface area (Å²) in [6.45, 7) is 2.21. The molecule has 0 aliphatic rings. The minimum absolute atomic E-state index is 0.0170. The van der Waals surface area contributed by atoms with Crippen molar-refractivity contribution in [3.05, 3.63) is 58.7 Å². The van der Waals surface area contributed by atoms with Crippen molar-refractivity contribution in [1.29, 1.82) is 10.5 Å². The number of nitriles is 2. The molecule has 0 radical (unpaired) electrons. The molecule has 28 heavy (non-hydrogen) atoms. The monoisotopic (exact) mass is 366 g/mol. The highest BCUT2D eigenvalue weighted by molar-refractivity contribution is 5.50. The zero-order valence-electron chi connectivity index (χ0n) is 16.1. The molecule has 0 saturated carbocycles. The zero-order valence-corrected chi connectivity index (χ0v) is 16.1. The van der Waals surface area contributed by atoms with Crippen molar-refractivity contribution in [2.24, 2.45) is 0 Å². The molecule has 0 atom stereocenters. The van der Waals surface area contributed by atoms with Crippen molar-refractivity contribution in [2.45, 2.75) is 51.9 Å². The molecule has 2 rings (SSSR count). The number of rotatable bonds is 6. The van der Waals surface area contributed by atoms with E-state index in [4.69, 9.17) is 0 Å². The summed E-state index contributed by atoms with van der Waals surface area (Å²) < 4.78 is 0. The lowest BCUT2D eigenvalue weighted by Crippen LogP contribution is -2.02. The fourth-order valence-electron chi connectivity index (χ4n) is 2.56. The molecule has 0 aliphatic carbocycles. The highest BCUT2D eigenvalue weighted by atomic mass is 14.8. The largest absolute Gasteiger partial charge is 0.223 e. The topological polar surface area (TPSA) is 73.4 Å². The number of benzene rings is 1. The van der Waals surface area contributed by atoms with Gasteiger partial charge < -0.3 is 0 Å². The summed E-state index contributed by atoms with van der Waals surface area (Å²) in [6.07, 6.45) is 8.00. The van der Waals surface area contributed by atoms with E-state index in [-0.39, 0.29) is 11.4 Å². The van der Waals surface area contributed by atoms with Gasteiger partial charge in [0.1, 0.15) is 23.5 Å². The molecule has 1 aromatic heterocycles. The molecular weight excluding hydrogens is 344 g/mol. The van der Waals surface area contributed by atoms with Crippen LogP contribution in [0, 0.1) is 46.3 Å². The molecule has 0 amide bonds. The van der Waals surface area contributed by atoms with Crippen LogP contribution >= 0.6 is 0 Å². The first-order valence-corrected chi connectivity index (χ1v) is 9.56. The molecule has 4 heteroatoms. The summed E-state index contributed by atoms with van der Waals surface area (Å²) >= 11 is 0. The first kappa shape index (κ1) is 20.7. The summed E-state index contributed by atoms with van der Waals surface area (Å²) in [7, 11) is 0. The van der Waals surface area contributed by atoms with Gasteiger partial charge in [-0.2, -0.15) is 10.5 Å². The van der Waals surface area contributed by atoms with E-state index in [1.54, 1.807) is 0 Å². The Kier molecular flexibility index (Phi) is 8.81. The lowest BCUT2D eigenvalue weighted by atomic mass is 10.1. The lowest BCUT2D eigenvalue weighted by Gasteiger charge is -1.99. The lowest BCUT2D eigenvalue weighted by molar-refractivity contribution is 0.614. The molecule has 0 bridgehead atoms. The van der Waals surface area contributed by atoms with Gasteiger partial charge in [-0.3, -0.25) is 0 Å². The van der Waals surface area contributed by atoms with E-state index in [9.17, 15) is 10.5 Å². The second-order valence-electron chi connectivity index (χ2n) is 6.28. The predicted octanol–water partition coefficient (Wildman–Crippen LogP) is 4.72. The van der Waals surface area contributed by atoms with Crippen LogP contribution in [0.2, 0.25) is 0 Å². The Morgan fingerprint density at radius 2 is 1.32 bits per heavy atom. The molecule has 0 saturated heterocycles. The Morgan fingerprint density at radius 3 is 1.96 bits per heavy atom. The minimum Gasteiger partial charge on any atom is -0.223 e. The molecule has 4 nitrogen and oxygen atoms in total. The normalized spacial score (nSPS) is 9.25. The van der Waals surface area contributed by atoms with Crippen LogP contribution in [0.5, 0.6) is 0 Å². The van der Waals surface area contributed by atoms with E-state index >= 15 is 0 Å². The first-order chi connectivity index (χ1) is 13.8. The van der Waals surface area contributed by atoms with E-state index in [1.165, 1.54) is 25.7 Å². The van der Waals surface area contributed by atoms with Crippen molar-refractivity contribution in [3.8, 4) is 35.8 Å². The van der Waals surface area contributed by atoms with Crippen molar-refractivity contribution in [3.63, 3.8) is 0 Å². The number of hydrogen-bond donors (Lipinski definition) is 0. The van der Waals surface area contributed by atoms with Crippen molar-refractivity contribution < 1.29 is 0 Å². The van der Waals surface area contributed by atoms with E-state index in [0.717, 1.165) is 24.8 Å². The SMILES string of the molecule is CCCCCCCCC#Cc1nc(C#N)c(C#N)nc1C#Cc1ccccc1. The maximum atomic E-state index is 9.20. The fraction of sp³-hybridized carbons (Fsp3) is 0.333. The highest BCUT2D eigenvalue weighted by Gasteiger charge is 2.10. The molecule has 0 aliphatic heterocycles. The maximum absolute atomic E-state index is 9.20. The van der Waals surface area contributed by atoms with Crippen molar-refractivity contribution in [1.82, 2.24) is 9.97 Å². The quantitative estimate of drug-likeness (QED) is 0.547. The van der Waals surface area contributed by atoms with Gasteiger partial charge in [0.2, 0.25) is 0 Å². The van der Waals surface area contributed by atoms with Gasteiger partial charge in [-0.25, -0.2) is 9.97 Å².